The van der Waals surface area contributed by atoms with Gasteiger partial charge in [-0.1, -0.05) is 0 Å². The van der Waals surface area contributed by atoms with Crippen molar-refractivity contribution in [2.75, 3.05) is 6.61 Å². The van der Waals surface area contributed by atoms with Crippen molar-refractivity contribution >= 4 is 5.97 Å². The Bertz CT molecular complexity index is 765. The summed E-state index contributed by atoms with van der Waals surface area (Å²) in [6.45, 7) is 7.31. The lowest BCUT2D eigenvalue weighted by Gasteiger charge is -2.27. The van der Waals surface area contributed by atoms with Gasteiger partial charge in [0.05, 0.1) is 23.8 Å². The van der Waals surface area contributed by atoms with Crippen LogP contribution in [0.15, 0.2) is 22.8 Å². The van der Waals surface area contributed by atoms with Crippen LogP contribution in [0.1, 0.15) is 36.7 Å². The number of aromatic nitrogens is 2. The van der Waals surface area contributed by atoms with Crippen molar-refractivity contribution in [3.63, 3.8) is 0 Å². The van der Waals surface area contributed by atoms with Gasteiger partial charge in [-0.25, -0.2) is 4.79 Å². The molecule has 2 N–H and O–H groups in total. The van der Waals surface area contributed by atoms with Crippen LogP contribution in [0.2, 0.25) is 0 Å². The van der Waals surface area contributed by atoms with Gasteiger partial charge in [-0.05, 0) is 27.7 Å². The van der Waals surface area contributed by atoms with Gasteiger partial charge in [0.2, 0.25) is 5.88 Å². The molecule has 122 valence electrons. The second kappa shape index (κ2) is 6.16. The first-order chi connectivity index (χ1) is 10.8. The Morgan fingerprint density at radius 2 is 2.13 bits per heavy atom. The van der Waals surface area contributed by atoms with Gasteiger partial charge in [-0.3, -0.25) is 4.68 Å². The lowest BCUT2D eigenvalue weighted by Crippen LogP contribution is -2.26. The molecule has 1 aliphatic rings. The summed E-state index contributed by atoms with van der Waals surface area (Å²) in [6.07, 6.45) is 0. The number of rotatable bonds is 3. The number of aryl methyl sites for hydroxylation is 2. The van der Waals surface area contributed by atoms with Crippen molar-refractivity contribution in [1.29, 1.82) is 5.26 Å². The highest BCUT2D eigenvalue weighted by atomic mass is 16.5. The minimum Gasteiger partial charge on any atom is -0.463 e. The number of hydrogen-bond acceptors (Lipinski definition) is 6. The second-order valence-electron chi connectivity index (χ2n) is 5.32. The number of ether oxygens (including phenoxy) is 2. The Morgan fingerprint density at radius 1 is 1.48 bits per heavy atom. The Kier molecular flexibility index (Phi) is 4.45. The highest BCUT2D eigenvalue weighted by Gasteiger charge is 2.38. The smallest absolute Gasteiger partial charge is 0.338 e. The highest BCUT2D eigenvalue weighted by Crippen LogP contribution is 2.41. The molecule has 0 radical (unpaired) electrons. The van der Waals surface area contributed by atoms with Crippen molar-refractivity contribution in [3.05, 3.63) is 39.7 Å². The van der Waals surface area contributed by atoms with Gasteiger partial charge in [0.1, 0.15) is 17.4 Å². The fourth-order valence-electron chi connectivity index (χ4n) is 2.85. The minimum atomic E-state index is -0.638. The first-order valence-corrected chi connectivity index (χ1v) is 7.29. The summed E-state index contributed by atoms with van der Waals surface area (Å²) >= 11 is 0. The van der Waals surface area contributed by atoms with Crippen LogP contribution in [0.5, 0.6) is 0 Å². The van der Waals surface area contributed by atoms with Crippen LogP contribution in [0.25, 0.3) is 0 Å². The molecule has 0 unspecified atom stereocenters. The zero-order chi connectivity index (χ0) is 17.3. The molecule has 7 nitrogen and oxygen atoms in total. The molecule has 0 aliphatic carbocycles. The molecule has 1 aromatic rings. The number of esters is 1. The van der Waals surface area contributed by atoms with Crippen LogP contribution in [-0.2, 0) is 21.3 Å². The summed E-state index contributed by atoms with van der Waals surface area (Å²) in [5.41, 5.74) is 8.71. The van der Waals surface area contributed by atoms with E-state index < -0.39 is 11.9 Å². The molecule has 1 atom stereocenters. The summed E-state index contributed by atoms with van der Waals surface area (Å²) in [5, 5.41) is 13.9. The van der Waals surface area contributed by atoms with Crippen LogP contribution < -0.4 is 5.73 Å². The summed E-state index contributed by atoms with van der Waals surface area (Å²) < 4.78 is 12.2. The molecule has 0 fully saturated rings. The van der Waals surface area contributed by atoms with Gasteiger partial charge in [-0.2, -0.15) is 10.4 Å². The molecule has 23 heavy (non-hydrogen) atoms. The predicted molar refractivity (Wildman–Crippen MR) is 82.7 cm³/mol. The van der Waals surface area contributed by atoms with Gasteiger partial charge in [0, 0.05) is 18.3 Å². The molecule has 1 aromatic heterocycles. The van der Waals surface area contributed by atoms with Crippen LogP contribution >= 0.6 is 0 Å². The fraction of sp³-hybridized carbons (Fsp3) is 0.438. The van der Waals surface area contributed by atoms with E-state index in [9.17, 15) is 10.1 Å². The van der Waals surface area contributed by atoms with Gasteiger partial charge in [0.15, 0.2) is 0 Å². The predicted octanol–water partition coefficient (Wildman–Crippen LogP) is 1.68. The standard InChI is InChI=1S/C16H20N4O3/c1-6-22-16(21)13-10(4)23-15(18)11(7-17)14(13)12-8(2)19-20(5)9(12)3/h14H,6,18H2,1-5H3/t14-/m0/s1. The fourth-order valence-corrected chi connectivity index (χ4v) is 2.85. The average Bonchev–Trinajstić information content (AvgIpc) is 2.71. The van der Waals surface area contributed by atoms with E-state index in [1.807, 2.05) is 20.9 Å². The molecule has 7 heteroatoms. The number of nitrogens with two attached hydrogens (primary N) is 1. The third-order valence-electron chi connectivity index (χ3n) is 3.95. The average molecular weight is 316 g/mol. The Labute approximate surface area is 135 Å². The third-order valence-corrected chi connectivity index (χ3v) is 3.95. The first kappa shape index (κ1) is 16.6. The van der Waals surface area contributed by atoms with E-state index in [1.165, 1.54) is 0 Å². The van der Waals surface area contributed by atoms with E-state index in [4.69, 9.17) is 15.2 Å². The molecule has 0 saturated heterocycles. The third kappa shape index (κ3) is 2.68. The number of allylic oxidation sites excluding steroid dienone is 2. The quantitative estimate of drug-likeness (QED) is 0.851. The SMILES string of the molecule is CCOC(=O)C1=C(C)OC(N)=C(C#N)[C@H]1c1c(C)nn(C)c1C. The Balaban J connectivity index is 2.72. The van der Waals surface area contributed by atoms with Crippen molar-refractivity contribution in [2.24, 2.45) is 12.8 Å². The summed E-state index contributed by atoms with van der Waals surface area (Å²) in [4.78, 5) is 12.4. The van der Waals surface area contributed by atoms with Crippen molar-refractivity contribution in [1.82, 2.24) is 9.78 Å². The first-order valence-electron chi connectivity index (χ1n) is 7.29. The molecule has 0 saturated carbocycles. The highest BCUT2D eigenvalue weighted by molar-refractivity contribution is 5.92. The number of carbonyl (C=O) groups excluding carboxylic acids is 1. The van der Waals surface area contributed by atoms with E-state index in [0.29, 0.717) is 5.76 Å². The van der Waals surface area contributed by atoms with Gasteiger partial charge in [-0.15, -0.1) is 0 Å². The lowest BCUT2D eigenvalue weighted by molar-refractivity contribution is -0.139. The normalized spacial score (nSPS) is 17.8. The number of carbonyl (C=O) groups is 1. The zero-order valence-electron chi connectivity index (χ0n) is 13.9. The van der Waals surface area contributed by atoms with Crippen LogP contribution in [0, 0.1) is 25.2 Å². The number of nitrogens with zero attached hydrogens (tertiary/aromatic N) is 3. The zero-order valence-corrected chi connectivity index (χ0v) is 13.9. The van der Waals surface area contributed by atoms with Crippen LogP contribution in [0.3, 0.4) is 0 Å². The molecular formula is C16H20N4O3. The summed E-state index contributed by atoms with van der Waals surface area (Å²) in [7, 11) is 1.81. The second-order valence-corrected chi connectivity index (χ2v) is 5.32. The van der Waals surface area contributed by atoms with Crippen LogP contribution in [-0.4, -0.2) is 22.4 Å². The molecule has 1 aliphatic heterocycles. The van der Waals surface area contributed by atoms with E-state index in [0.717, 1.165) is 17.0 Å². The molecule has 0 spiro atoms. The monoisotopic (exact) mass is 316 g/mol. The number of hydrogen-bond donors (Lipinski definition) is 1. The molecule has 0 aromatic carbocycles. The van der Waals surface area contributed by atoms with E-state index in [2.05, 4.69) is 11.2 Å². The summed E-state index contributed by atoms with van der Waals surface area (Å²) in [6, 6.07) is 2.06. The molecular weight excluding hydrogens is 296 g/mol. The van der Waals surface area contributed by atoms with E-state index in [1.54, 1.807) is 18.5 Å². The molecule has 2 rings (SSSR count). The summed E-state index contributed by atoms with van der Waals surface area (Å²) in [5.74, 6) is -0.808. The van der Waals surface area contributed by atoms with Crippen LogP contribution in [0.4, 0.5) is 0 Å². The molecule has 2 heterocycles. The van der Waals surface area contributed by atoms with Crippen molar-refractivity contribution in [2.45, 2.75) is 33.6 Å². The van der Waals surface area contributed by atoms with Crippen molar-refractivity contribution < 1.29 is 14.3 Å². The molecule has 0 bridgehead atoms. The molecule has 0 amide bonds. The topological polar surface area (TPSA) is 103 Å². The van der Waals surface area contributed by atoms with Crippen molar-refractivity contribution in [3.8, 4) is 6.07 Å². The van der Waals surface area contributed by atoms with E-state index in [-0.39, 0.29) is 23.6 Å². The Hall–Kier alpha value is -2.75. The number of nitriles is 1. The van der Waals surface area contributed by atoms with Gasteiger partial charge >= 0.3 is 5.97 Å². The van der Waals surface area contributed by atoms with Gasteiger partial charge in [0.25, 0.3) is 0 Å². The maximum Gasteiger partial charge on any atom is 0.338 e. The lowest BCUT2D eigenvalue weighted by atomic mass is 9.82. The Morgan fingerprint density at radius 3 is 2.61 bits per heavy atom. The maximum atomic E-state index is 12.4. The largest absolute Gasteiger partial charge is 0.463 e. The minimum absolute atomic E-state index is 0.00528. The van der Waals surface area contributed by atoms with E-state index >= 15 is 0 Å². The van der Waals surface area contributed by atoms with Gasteiger partial charge < -0.3 is 15.2 Å². The maximum absolute atomic E-state index is 12.4.